The maximum Gasteiger partial charge on any atom is 0.302 e. The monoisotopic (exact) mass is 720 g/mol. The second kappa shape index (κ2) is 12.3. The molecule has 14 unspecified atom stereocenters. The highest BCUT2D eigenvalue weighted by Gasteiger charge is 2.85. The van der Waals surface area contributed by atoms with Crippen LogP contribution in [-0.4, -0.2) is 99.7 Å². The summed E-state index contributed by atoms with van der Waals surface area (Å²) in [5.74, 6) is 0.407. The minimum Gasteiger partial charge on any atom is -0.463 e. The first-order chi connectivity index (χ1) is 23.7. The van der Waals surface area contributed by atoms with E-state index in [2.05, 4.69) is 34.6 Å². The van der Waals surface area contributed by atoms with Crippen LogP contribution in [-0.2, 0) is 33.3 Å². The highest BCUT2D eigenvalue weighted by atomic mass is 16.7. The largest absolute Gasteiger partial charge is 0.463 e. The molecule has 0 amide bonds. The Hall–Kier alpha value is -1.34. The van der Waals surface area contributed by atoms with Crippen molar-refractivity contribution < 1.29 is 53.7 Å². The number of rotatable bonds is 9. The number of carbonyl (C=O) groups excluding carboxylic acids is 2. The fraction of sp³-hybridized carbons (Fsp3) is 0.950. The topological polar surface area (TPSA) is 165 Å². The maximum absolute atomic E-state index is 12.3. The van der Waals surface area contributed by atoms with E-state index in [4.69, 9.17) is 23.7 Å². The minimum absolute atomic E-state index is 0.00651. The third-order valence-electron chi connectivity index (χ3n) is 16.5. The van der Waals surface area contributed by atoms with Crippen LogP contribution in [0.3, 0.4) is 0 Å². The van der Waals surface area contributed by atoms with Gasteiger partial charge in [0.25, 0.3) is 0 Å². The molecule has 2 saturated heterocycles. The molecule has 51 heavy (non-hydrogen) atoms. The standard InChI is InChI=1S/C40H64O11/c1-20(16-24(43)33-36(6,7)51-33)23-10-15-40-19-39(23,40)14-11-26-37(8)13-12-28(48-22(3)42)35(4,5)27(37)17-29(38(26,40)9)50-34-32(46)31(45)30(44)25(49-34)18-47-21(2)41/h20,23-34,43-46H,10-19H2,1-9H3/t20?,23-,24?,25?,26?,27?,28?,29?,30?,31?,32?,33?,34?,37+,38-,39?,40?/m0/s1. The van der Waals surface area contributed by atoms with Gasteiger partial charge >= 0.3 is 11.9 Å². The van der Waals surface area contributed by atoms with Crippen molar-refractivity contribution in [2.75, 3.05) is 6.61 Å². The zero-order valence-electron chi connectivity index (χ0n) is 32.2. The summed E-state index contributed by atoms with van der Waals surface area (Å²) in [6, 6.07) is 0. The lowest BCUT2D eigenvalue weighted by Gasteiger charge is -2.69. The molecule has 5 saturated carbocycles. The fourth-order valence-corrected chi connectivity index (χ4v) is 14.1. The number of aliphatic hydroxyl groups excluding tert-OH is 4. The Balaban J connectivity index is 1.23. The maximum atomic E-state index is 12.3. The van der Waals surface area contributed by atoms with Crippen LogP contribution < -0.4 is 0 Å². The molecule has 11 nitrogen and oxygen atoms in total. The number of hydrogen-bond donors (Lipinski definition) is 4. The van der Waals surface area contributed by atoms with Crippen LogP contribution >= 0.6 is 0 Å². The van der Waals surface area contributed by atoms with Gasteiger partial charge in [-0.25, -0.2) is 0 Å². The molecule has 0 aromatic rings. The molecule has 0 aromatic heterocycles. The van der Waals surface area contributed by atoms with Gasteiger partial charge in [-0.05, 0) is 112 Å². The molecule has 0 spiro atoms. The number of fused-ring (bicyclic) bond motifs is 3. The van der Waals surface area contributed by atoms with E-state index >= 15 is 0 Å². The van der Waals surface area contributed by atoms with E-state index in [0.29, 0.717) is 24.7 Å². The van der Waals surface area contributed by atoms with Gasteiger partial charge in [-0.3, -0.25) is 9.59 Å². The van der Waals surface area contributed by atoms with Crippen molar-refractivity contribution in [2.24, 2.45) is 50.7 Å². The second-order valence-corrected chi connectivity index (χ2v) is 19.6. The summed E-state index contributed by atoms with van der Waals surface area (Å²) < 4.78 is 30.2. The van der Waals surface area contributed by atoms with Crippen molar-refractivity contribution in [2.45, 2.75) is 181 Å². The van der Waals surface area contributed by atoms with E-state index < -0.39 is 42.8 Å². The predicted molar refractivity (Wildman–Crippen MR) is 185 cm³/mol. The summed E-state index contributed by atoms with van der Waals surface area (Å²) in [5.41, 5.74) is -0.829. The predicted octanol–water partition coefficient (Wildman–Crippen LogP) is 4.29. The van der Waals surface area contributed by atoms with Crippen molar-refractivity contribution in [3.05, 3.63) is 0 Å². The Labute approximate surface area is 303 Å². The number of hydrogen-bond acceptors (Lipinski definition) is 11. The fourth-order valence-electron chi connectivity index (χ4n) is 14.1. The van der Waals surface area contributed by atoms with Crippen LogP contribution in [0.5, 0.6) is 0 Å². The van der Waals surface area contributed by atoms with E-state index in [1.807, 2.05) is 13.8 Å². The summed E-state index contributed by atoms with van der Waals surface area (Å²) in [5, 5.41) is 44.3. The van der Waals surface area contributed by atoms with E-state index in [1.54, 1.807) is 0 Å². The molecule has 7 aliphatic rings. The molecular weight excluding hydrogens is 656 g/mol. The van der Waals surface area contributed by atoms with Gasteiger partial charge in [-0.1, -0.05) is 34.6 Å². The van der Waals surface area contributed by atoms with Gasteiger partial charge in [0.2, 0.25) is 0 Å². The zero-order valence-corrected chi connectivity index (χ0v) is 32.2. The Kier molecular flexibility index (Phi) is 9.18. The van der Waals surface area contributed by atoms with Gasteiger partial charge in [0.15, 0.2) is 6.29 Å². The Morgan fingerprint density at radius 1 is 0.863 bits per heavy atom. The first-order valence-electron chi connectivity index (χ1n) is 19.7. The lowest BCUT2D eigenvalue weighted by molar-refractivity contribution is -0.344. The normalized spacial score (nSPS) is 51.5. The number of carbonyl (C=O) groups is 2. The van der Waals surface area contributed by atoms with Crippen LogP contribution in [0.25, 0.3) is 0 Å². The van der Waals surface area contributed by atoms with E-state index in [-0.39, 0.29) is 75.4 Å². The van der Waals surface area contributed by atoms with Gasteiger partial charge < -0.3 is 44.1 Å². The molecule has 2 heterocycles. The lowest BCUT2D eigenvalue weighted by atomic mass is 9.37. The molecule has 7 rings (SSSR count). The molecule has 2 aliphatic heterocycles. The third-order valence-corrected chi connectivity index (χ3v) is 16.5. The molecule has 17 atom stereocenters. The smallest absolute Gasteiger partial charge is 0.302 e. The molecule has 5 aliphatic carbocycles. The first-order valence-corrected chi connectivity index (χ1v) is 19.7. The summed E-state index contributed by atoms with van der Waals surface area (Å²) in [6.45, 7) is 18.2. The quantitative estimate of drug-likeness (QED) is 0.153. The van der Waals surface area contributed by atoms with Crippen LogP contribution in [0.4, 0.5) is 0 Å². The molecule has 0 aromatic carbocycles. The van der Waals surface area contributed by atoms with Crippen molar-refractivity contribution in [3.63, 3.8) is 0 Å². The Morgan fingerprint density at radius 2 is 1.55 bits per heavy atom. The van der Waals surface area contributed by atoms with Gasteiger partial charge in [-0.2, -0.15) is 0 Å². The Morgan fingerprint density at radius 3 is 2.18 bits per heavy atom. The van der Waals surface area contributed by atoms with Crippen molar-refractivity contribution in [1.82, 2.24) is 0 Å². The lowest BCUT2D eigenvalue weighted by Crippen LogP contribution is -2.68. The summed E-state index contributed by atoms with van der Waals surface area (Å²) >= 11 is 0. The zero-order chi connectivity index (χ0) is 37.3. The number of esters is 2. The van der Waals surface area contributed by atoms with Crippen LogP contribution in [0.1, 0.15) is 120 Å². The highest BCUT2D eigenvalue weighted by Crippen LogP contribution is 2.91. The number of aliphatic hydroxyl groups is 4. The summed E-state index contributed by atoms with van der Waals surface area (Å²) in [6.07, 6.45) is 0.542. The van der Waals surface area contributed by atoms with Gasteiger partial charge in [0, 0.05) is 24.7 Å². The van der Waals surface area contributed by atoms with E-state index in [1.165, 1.54) is 13.8 Å². The minimum atomic E-state index is -1.55. The van der Waals surface area contributed by atoms with E-state index in [0.717, 1.165) is 44.9 Å². The number of ether oxygens (including phenoxy) is 5. The molecule has 7 fully saturated rings. The van der Waals surface area contributed by atoms with Crippen molar-refractivity contribution in [1.29, 1.82) is 0 Å². The van der Waals surface area contributed by atoms with Crippen molar-refractivity contribution >= 4 is 11.9 Å². The first kappa shape index (κ1) is 38.0. The molecule has 290 valence electrons. The van der Waals surface area contributed by atoms with Gasteiger partial charge in [0.1, 0.15) is 43.2 Å². The molecular formula is C40H64O11. The summed E-state index contributed by atoms with van der Waals surface area (Å²) in [7, 11) is 0. The Bertz CT molecular complexity index is 1380. The third kappa shape index (κ3) is 5.51. The average molecular weight is 721 g/mol. The van der Waals surface area contributed by atoms with Crippen LogP contribution in [0.15, 0.2) is 0 Å². The second-order valence-electron chi connectivity index (χ2n) is 19.6. The summed E-state index contributed by atoms with van der Waals surface area (Å²) in [4.78, 5) is 23.9. The molecule has 0 radical (unpaired) electrons. The molecule has 0 bridgehead atoms. The van der Waals surface area contributed by atoms with Crippen molar-refractivity contribution in [3.8, 4) is 0 Å². The average Bonchev–Trinajstić information content (AvgIpc) is 3.87. The van der Waals surface area contributed by atoms with Gasteiger partial charge in [0.05, 0.1) is 17.8 Å². The molecule has 4 N–H and O–H groups in total. The SMILES string of the molecule is CC(=O)OCC1OC(OC2CC3C(C)(C)C(OC(C)=O)CC[C@]3(C)C3CCC45CC4(CC[C@H]5C(C)CC(O)C4OC4(C)C)[C@]23C)C(O)C(O)C1O. The van der Waals surface area contributed by atoms with Crippen LogP contribution in [0, 0.1) is 50.7 Å². The van der Waals surface area contributed by atoms with Crippen LogP contribution in [0.2, 0.25) is 0 Å². The highest BCUT2D eigenvalue weighted by molar-refractivity contribution is 5.66. The van der Waals surface area contributed by atoms with E-state index in [9.17, 15) is 30.0 Å². The molecule has 11 heteroatoms. The van der Waals surface area contributed by atoms with Gasteiger partial charge in [-0.15, -0.1) is 0 Å². The number of epoxide rings is 1.